The van der Waals surface area contributed by atoms with E-state index in [1.54, 1.807) is 6.92 Å². The van der Waals surface area contributed by atoms with Gasteiger partial charge in [0.1, 0.15) is 4.88 Å². The number of piperazine rings is 1. The summed E-state index contributed by atoms with van der Waals surface area (Å²) >= 11 is 1.52. The van der Waals surface area contributed by atoms with E-state index in [0.717, 1.165) is 35.1 Å². The van der Waals surface area contributed by atoms with E-state index in [0.29, 0.717) is 31.3 Å². The van der Waals surface area contributed by atoms with Crippen molar-refractivity contribution < 1.29 is 9.32 Å². The Kier molecular flexibility index (Phi) is 4.72. The van der Waals surface area contributed by atoms with Crippen molar-refractivity contribution in [3.05, 3.63) is 27.3 Å². The lowest BCUT2D eigenvalue weighted by Crippen LogP contribution is -2.48. The summed E-state index contributed by atoms with van der Waals surface area (Å²) in [6, 6.07) is 0. The Balaban J connectivity index is 1.57. The first kappa shape index (κ1) is 16.1. The number of nitrogens with zero attached hydrogens (tertiary/aromatic N) is 5. The van der Waals surface area contributed by atoms with Crippen molar-refractivity contribution in [2.45, 2.75) is 33.7 Å². The maximum absolute atomic E-state index is 12.7. The minimum atomic E-state index is 0.106. The molecule has 0 aromatic carbocycles. The number of aromatic nitrogens is 3. The van der Waals surface area contributed by atoms with E-state index in [-0.39, 0.29) is 5.91 Å². The van der Waals surface area contributed by atoms with Gasteiger partial charge in [0.2, 0.25) is 5.89 Å². The molecule has 1 aliphatic heterocycles. The van der Waals surface area contributed by atoms with Crippen LogP contribution >= 0.6 is 11.3 Å². The molecule has 0 atom stereocenters. The topological polar surface area (TPSA) is 75.4 Å². The first-order chi connectivity index (χ1) is 11.1. The van der Waals surface area contributed by atoms with E-state index in [1.165, 1.54) is 11.3 Å². The quantitative estimate of drug-likeness (QED) is 0.846. The smallest absolute Gasteiger partial charge is 0.265 e. The molecule has 0 aliphatic carbocycles. The van der Waals surface area contributed by atoms with E-state index >= 15 is 0 Å². The molecule has 0 unspecified atom stereocenters. The molecule has 3 heterocycles. The second kappa shape index (κ2) is 6.76. The predicted molar refractivity (Wildman–Crippen MR) is 86.4 cm³/mol. The fraction of sp³-hybridized carbons (Fsp3) is 0.600. The minimum absolute atomic E-state index is 0.106. The van der Waals surface area contributed by atoms with Gasteiger partial charge in [-0.3, -0.25) is 9.69 Å². The van der Waals surface area contributed by atoms with Gasteiger partial charge < -0.3 is 9.42 Å². The van der Waals surface area contributed by atoms with Gasteiger partial charge in [-0.15, -0.1) is 11.3 Å². The number of thiazole rings is 1. The average molecular weight is 335 g/mol. The van der Waals surface area contributed by atoms with Crippen molar-refractivity contribution >= 4 is 17.2 Å². The van der Waals surface area contributed by atoms with Gasteiger partial charge in [-0.2, -0.15) is 4.98 Å². The molecule has 23 heavy (non-hydrogen) atoms. The molecule has 1 aliphatic rings. The van der Waals surface area contributed by atoms with Crippen LogP contribution in [-0.2, 0) is 13.0 Å². The maximum Gasteiger partial charge on any atom is 0.265 e. The lowest BCUT2D eigenvalue weighted by atomic mass is 10.2. The zero-order chi connectivity index (χ0) is 16.4. The molecule has 0 spiro atoms. The summed E-state index contributed by atoms with van der Waals surface area (Å²) in [4.78, 5) is 26.3. The number of hydrogen-bond donors (Lipinski definition) is 0. The van der Waals surface area contributed by atoms with Crippen LogP contribution in [0.15, 0.2) is 4.52 Å². The lowest BCUT2D eigenvalue weighted by molar-refractivity contribution is 0.0628. The third-order valence-electron chi connectivity index (χ3n) is 3.93. The van der Waals surface area contributed by atoms with Gasteiger partial charge in [-0.05, 0) is 13.3 Å². The van der Waals surface area contributed by atoms with Gasteiger partial charge in [0.05, 0.1) is 17.2 Å². The van der Waals surface area contributed by atoms with Crippen LogP contribution in [0.1, 0.15) is 39.0 Å². The summed E-state index contributed by atoms with van der Waals surface area (Å²) in [6.07, 6.45) is 0.872. The second-order valence-corrected chi connectivity index (χ2v) is 6.76. The molecule has 2 aromatic rings. The Bertz CT molecular complexity index is 688. The zero-order valence-corrected chi connectivity index (χ0v) is 14.5. The molecule has 1 fully saturated rings. The van der Waals surface area contributed by atoms with Crippen LogP contribution < -0.4 is 0 Å². The molecule has 2 aromatic heterocycles. The van der Waals surface area contributed by atoms with Crippen molar-refractivity contribution in [2.24, 2.45) is 0 Å². The normalized spacial score (nSPS) is 16.0. The van der Waals surface area contributed by atoms with E-state index in [2.05, 4.69) is 26.9 Å². The molecule has 7 nitrogen and oxygen atoms in total. The van der Waals surface area contributed by atoms with Crippen LogP contribution in [0.2, 0.25) is 0 Å². The zero-order valence-electron chi connectivity index (χ0n) is 13.7. The second-order valence-electron chi connectivity index (χ2n) is 5.67. The molecule has 124 valence electrons. The minimum Gasteiger partial charge on any atom is -0.340 e. The molecule has 1 saturated heterocycles. The van der Waals surface area contributed by atoms with Crippen molar-refractivity contribution in [2.75, 3.05) is 26.2 Å². The highest BCUT2D eigenvalue weighted by atomic mass is 32.1. The van der Waals surface area contributed by atoms with Gasteiger partial charge in [0.15, 0.2) is 5.82 Å². The summed E-state index contributed by atoms with van der Waals surface area (Å²) in [5, 5.41) is 4.95. The third-order valence-corrected chi connectivity index (χ3v) is 5.22. The van der Waals surface area contributed by atoms with Crippen molar-refractivity contribution in [3.8, 4) is 0 Å². The molecule has 3 rings (SSSR count). The van der Waals surface area contributed by atoms with Gasteiger partial charge in [0.25, 0.3) is 5.91 Å². The highest BCUT2D eigenvalue weighted by molar-refractivity contribution is 7.13. The summed E-state index contributed by atoms with van der Waals surface area (Å²) < 4.78 is 4.99. The molecule has 0 radical (unpaired) electrons. The molecular formula is C15H21N5O2S. The number of carbonyl (C=O) groups excluding carboxylic acids is 1. The number of carbonyl (C=O) groups is 1. The highest BCUT2D eigenvalue weighted by Crippen LogP contribution is 2.21. The maximum atomic E-state index is 12.7. The standard InChI is InChI=1S/C15H21N5O2S/c1-4-13-16-10(2)14(23-13)15(21)20-7-5-19(6-8-20)9-12-17-11(3)22-18-12/h4-9H2,1-3H3. The molecule has 0 saturated carbocycles. The lowest BCUT2D eigenvalue weighted by Gasteiger charge is -2.33. The molecule has 0 bridgehead atoms. The Morgan fingerprint density at radius 2 is 1.96 bits per heavy atom. The van der Waals surface area contributed by atoms with Gasteiger partial charge in [-0.1, -0.05) is 12.1 Å². The first-order valence-corrected chi connectivity index (χ1v) is 8.65. The van der Waals surface area contributed by atoms with Gasteiger partial charge >= 0.3 is 0 Å². The molecular weight excluding hydrogens is 314 g/mol. The number of rotatable bonds is 4. The number of aryl methyl sites for hydroxylation is 3. The fourth-order valence-corrected chi connectivity index (χ4v) is 3.63. The third kappa shape index (κ3) is 3.59. The van der Waals surface area contributed by atoms with Crippen LogP contribution in [0.3, 0.4) is 0 Å². The monoisotopic (exact) mass is 335 g/mol. The Labute approximate surface area is 139 Å². The van der Waals surface area contributed by atoms with Crippen LogP contribution in [0.5, 0.6) is 0 Å². The Hall–Kier alpha value is -1.80. The summed E-state index contributed by atoms with van der Waals surface area (Å²) in [5.74, 6) is 1.39. The highest BCUT2D eigenvalue weighted by Gasteiger charge is 2.25. The number of amides is 1. The molecule has 8 heteroatoms. The SMILES string of the molecule is CCc1nc(C)c(C(=O)N2CCN(Cc3noc(C)n3)CC2)s1. The Morgan fingerprint density at radius 3 is 2.52 bits per heavy atom. The van der Waals surface area contributed by atoms with E-state index < -0.39 is 0 Å². The van der Waals surface area contributed by atoms with Crippen LogP contribution in [-0.4, -0.2) is 57.0 Å². The fourth-order valence-electron chi connectivity index (χ4n) is 2.66. The average Bonchev–Trinajstić information content (AvgIpc) is 3.13. The van der Waals surface area contributed by atoms with Crippen molar-refractivity contribution in [3.63, 3.8) is 0 Å². The first-order valence-electron chi connectivity index (χ1n) is 7.84. The predicted octanol–water partition coefficient (Wildman–Crippen LogP) is 1.66. The summed E-state index contributed by atoms with van der Waals surface area (Å²) in [7, 11) is 0. The summed E-state index contributed by atoms with van der Waals surface area (Å²) in [5.41, 5.74) is 0.849. The Morgan fingerprint density at radius 1 is 1.22 bits per heavy atom. The molecule has 1 amide bonds. The van der Waals surface area contributed by atoms with Crippen molar-refractivity contribution in [1.29, 1.82) is 0 Å². The van der Waals surface area contributed by atoms with E-state index in [4.69, 9.17) is 4.52 Å². The molecule has 0 N–H and O–H groups in total. The largest absolute Gasteiger partial charge is 0.340 e. The number of hydrogen-bond acceptors (Lipinski definition) is 7. The van der Waals surface area contributed by atoms with Crippen molar-refractivity contribution in [1.82, 2.24) is 24.9 Å². The van der Waals surface area contributed by atoms with Gasteiger partial charge in [-0.25, -0.2) is 4.98 Å². The van der Waals surface area contributed by atoms with Gasteiger partial charge in [0, 0.05) is 33.1 Å². The van der Waals surface area contributed by atoms with E-state index in [1.807, 2.05) is 11.8 Å². The van der Waals surface area contributed by atoms with Crippen LogP contribution in [0.4, 0.5) is 0 Å². The van der Waals surface area contributed by atoms with Crippen LogP contribution in [0, 0.1) is 13.8 Å². The summed E-state index contributed by atoms with van der Waals surface area (Å²) in [6.45, 7) is 9.50. The van der Waals surface area contributed by atoms with E-state index in [9.17, 15) is 4.79 Å². The van der Waals surface area contributed by atoms with Crippen LogP contribution in [0.25, 0.3) is 0 Å².